The molecule has 0 saturated heterocycles. The van der Waals surface area contributed by atoms with Crippen LogP contribution >= 0.6 is 0 Å². The molecule has 0 spiro atoms. The highest BCUT2D eigenvalue weighted by molar-refractivity contribution is 5.92. The van der Waals surface area contributed by atoms with Gasteiger partial charge in [-0.1, -0.05) is 5.16 Å². The van der Waals surface area contributed by atoms with E-state index in [0.717, 1.165) is 12.1 Å². The summed E-state index contributed by atoms with van der Waals surface area (Å²) in [5, 5.41) is 4.20. The minimum absolute atomic E-state index is 0.0355. The second kappa shape index (κ2) is 6.23. The van der Waals surface area contributed by atoms with Gasteiger partial charge < -0.3 is 14.0 Å². The van der Waals surface area contributed by atoms with E-state index in [1.165, 1.54) is 19.2 Å². The van der Waals surface area contributed by atoms with Gasteiger partial charge in [0.1, 0.15) is 11.4 Å². The zero-order valence-electron chi connectivity index (χ0n) is 12.3. The molecular formula is C16H10F3NO4. The van der Waals surface area contributed by atoms with Crippen molar-refractivity contribution in [3.05, 3.63) is 47.8 Å². The van der Waals surface area contributed by atoms with Gasteiger partial charge in [0.25, 0.3) is 0 Å². The van der Waals surface area contributed by atoms with E-state index in [9.17, 15) is 18.0 Å². The predicted octanol–water partition coefficient (Wildman–Crippen LogP) is 3.46. The normalized spacial score (nSPS) is 10.8. The number of rotatable bonds is 4. The number of hydrogen-bond acceptors (Lipinski definition) is 5. The van der Waals surface area contributed by atoms with Crippen LogP contribution in [0.5, 0.6) is 5.75 Å². The van der Waals surface area contributed by atoms with Crippen LogP contribution in [-0.4, -0.2) is 24.8 Å². The number of aromatic nitrogens is 1. The minimum atomic E-state index is -1.55. The van der Waals surface area contributed by atoms with E-state index < -0.39 is 23.4 Å². The molecule has 3 rings (SSSR count). The number of ether oxygens (including phenoxy) is 2. The van der Waals surface area contributed by atoms with Gasteiger partial charge in [0.05, 0.1) is 7.11 Å². The molecule has 0 amide bonds. The Morgan fingerprint density at radius 1 is 1.17 bits per heavy atom. The second-order valence-electron chi connectivity index (χ2n) is 4.81. The molecule has 24 heavy (non-hydrogen) atoms. The zero-order chi connectivity index (χ0) is 17.3. The van der Waals surface area contributed by atoms with Gasteiger partial charge in [-0.25, -0.2) is 18.0 Å². The number of nitrogens with zero attached hydrogens (tertiary/aromatic N) is 1. The molecule has 3 aromatic rings. The van der Waals surface area contributed by atoms with Gasteiger partial charge in [0, 0.05) is 17.0 Å². The molecule has 0 aliphatic carbocycles. The van der Waals surface area contributed by atoms with Crippen LogP contribution < -0.4 is 4.74 Å². The predicted molar refractivity (Wildman–Crippen MR) is 76.8 cm³/mol. The molecule has 0 aliphatic heterocycles. The lowest BCUT2D eigenvalue weighted by Crippen LogP contribution is -2.12. The van der Waals surface area contributed by atoms with E-state index in [2.05, 4.69) is 9.89 Å². The molecule has 1 heterocycles. The minimum Gasteiger partial charge on any atom is -0.482 e. The first-order valence-corrected chi connectivity index (χ1v) is 6.73. The molecule has 0 aliphatic rings. The molecule has 5 nitrogen and oxygen atoms in total. The number of carbonyl (C=O) groups excluding carboxylic acids is 1. The van der Waals surface area contributed by atoms with Crippen LogP contribution in [0.25, 0.3) is 22.2 Å². The Labute approximate surface area is 133 Å². The highest BCUT2D eigenvalue weighted by atomic mass is 19.2. The Kier molecular flexibility index (Phi) is 4.11. The third-order valence-electron chi connectivity index (χ3n) is 3.29. The summed E-state index contributed by atoms with van der Waals surface area (Å²) < 4.78 is 54.5. The molecule has 8 heteroatoms. The summed E-state index contributed by atoms with van der Waals surface area (Å²) >= 11 is 0. The summed E-state index contributed by atoms with van der Waals surface area (Å²) in [5.41, 5.74) is 0.466. The fraction of sp³-hybridized carbons (Fsp3) is 0.125. The van der Waals surface area contributed by atoms with Crippen LogP contribution in [-0.2, 0) is 9.53 Å². The van der Waals surface area contributed by atoms with E-state index in [1.54, 1.807) is 6.07 Å². The molecule has 0 unspecified atom stereocenters. The smallest absolute Gasteiger partial charge is 0.343 e. The summed E-state index contributed by atoms with van der Waals surface area (Å²) in [6, 6.07) is 6.20. The first-order chi connectivity index (χ1) is 11.5. The third-order valence-corrected chi connectivity index (χ3v) is 3.29. The van der Waals surface area contributed by atoms with E-state index in [4.69, 9.17) is 9.26 Å². The van der Waals surface area contributed by atoms with Gasteiger partial charge in [-0.3, -0.25) is 0 Å². The van der Waals surface area contributed by atoms with Gasteiger partial charge in [-0.2, -0.15) is 0 Å². The summed E-state index contributed by atoms with van der Waals surface area (Å²) in [6.45, 7) is -0.280. The van der Waals surface area contributed by atoms with Crippen molar-refractivity contribution in [3.63, 3.8) is 0 Å². The van der Waals surface area contributed by atoms with Crippen molar-refractivity contribution in [2.24, 2.45) is 0 Å². The molecule has 2 aromatic carbocycles. The SMILES string of the molecule is COC(=O)COc1ccc2c(-c3cc(F)c(F)c(F)c3)noc2c1. The molecule has 0 bridgehead atoms. The maximum atomic E-state index is 13.4. The van der Waals surface area contributed by atoms with Crippen molar-refractivity contribution in [2.75, 3.05) is 13.7 Å². The van der Waals surface area contributed by atoms with Crippen molar-refractivity contribution in [1.29, 1.82) is 0 Å². The molecule has 0 saturated carbocycles. The largest absolute Gasteiger partial charge is 0.482 e. The van der Waals surface area contributed by atoms with Crippen molar-refractivity contribution in [3.8, 4) is 17.0 Å². The van der Waals surface area contributed by atoms with Crippen LogP contribution in [0.2, 0.25) is 0 Å². The lowest BCUT2D eigenvalue weighted by molar-refractivity contribution is -0.142. The Bertz CT molecular complexity index is 900. The second-order valence-corrected chi connectivity index (χ2v) is 4.81. The maximum absolute atomic E-state index is 13.4. The van der Waals surface area contributed by atoms with Gasteiger partial charge >= 0.3 is 5.97 Å². The fourth-order valence-corrected chi connectivity index (χ4v) is 2.11. The zero-order valence-corrected chi connectivity index (χ0v) is 12.3. The lowest BCUT2D eigenvalue weighted by Gasteiger charge is -2.04. The van der Waals surface area contributed by atoms with Crippen LogP contribution in [0.3, 0.4) is 0 Å². The van der Waals surface area contributed by atoms with Crippen LogP contribution in [0.4, 0.5) is 13.2 Å². The molecule has 0 atom stereocenters. The van der Waals surface area contributed by atoms with Crippen molar-refractivity contribution < 1.29 is 32.0 Å². The number of benzene rings is 2. The molecule has 0 N–H and O–H groups in total. The third kappa shape index (κ3) is 2.90. The van der Waals surface area contributed by atoms with E-state index in [0.29, 0.717) is 11.1 Å². The monoisotopic (exact) mass is 337 g/mol. The number of halogens is 3. The Morgan fingerprint density at radius 3 is 2.54 bits per heavy atom. The van der Waals surface area contributed by atoms with Crippen molar-refractivity contribution >= 4 is 16.9 Å². The standard InChI is InChI=1S/C16H10F3NO4/c1-22-14(21)7-23-9-2-3-10-13(6-9)24-20-16(10)8-4-11(17)15(19)12(18)5-8/h2-6H,7H2,1H3. The van der Waals surface area contributed by atoms with Gasteiger partial charge in [0.2, 0.25) is 0 Å². The Hall–Kier alpha value is -3.03. The van der Waals surface area contributed by atoms with E-state index in [1.807, 2.05) is 0 Å². The Balaban J connectivity index is 1.95. The number of methoxy groups -OCH3 is 1. The number of fused-ring (bicyclic) bond motifs is 1. The average Bonchev–Trinajstić information content (AvgIpc) is 3.00. The number of hydrogen-bond donors (Lipinski definition) is 0. The quantitative estimate of drug-likeness (QED) is 0.539. The van der Waals surface area contributed by atoms with Gasteiger partial charge in [0.15, 0.2) is 29.6 Å². The van der Waals surface area contributed by atoms with Crippen molar-refractivity contribution in [1.82, 2.24) is 5.16 Å². The molecule has 1 aromatic heterocycles. The lowest BCUT2D eigenvalue weighted by atomic mass is 10.1. The van der Waals surface area contributed by atoms with E-state index >= 15 is 0 Å². The highest BCUT2D eigenvalue weighted by Crippen LogP contribution is 2.31. The van der Waals surface area contributed by atoms with Crippen LogP contribution in [0.15, 0.2) is 34.9 Å². The molecule has 0 fully saturated rings. The van der Waals surface area contributed by atoms with Crippen LogP contribution in [0, 0.1) is 17.5 Å². The van der Waals surface area contributed by atoms with Gasteiger partial charge in [-0.15, -0.1) is 0 Å². The first kappa shape index (κ1) is 15.9. The summed E-state index contributed by atoms with van der Waals surface area (Å²) in [4.78, 5) is 11.0. The highest BCUT2D eigenvalue weighted by Gasteiger charge is 2.17. The molecule has 124 valence electrons. The topological polar surface area (TPSA) is 61.6 Å². The van der Waals surface area contributed by atoms with Crippen LogP contribution in [0.1, 0.15) is 0 Å². The summed E-state index contributed by atoms with van der Waals surface area (Å²) in [6.07, 6.45) is 0. The van der Waals surface area contributed by atoms with E-state index in [-0.39, 0.29) is 23.4 Å². The van der Waals surface area contributed by atoms with Gasteiger partial charge in [-0.05, 0) is 24.3 Å². The van der Waals surface area contributed by atoms with Crippen molar-refractivity contribution in [2.45, 2.75) is 0 Å². The first-order valence-electron chi connectivity index (χ1n) is 6.73. The molecular weight excluding hydrogens is 327 g/mol. The summed E-state index contributed by atoms with van der Waals surface area (Å²) in [7, 11) is 1.23. The molecule has 0 radical (unpaired) electrons. The number of carbonyl (C=O) groups is 1. The Morgan fingerprint density at radius 2 is 1.88 bits per heavy atom. The fourth-order valence-electron chi connectivity index (χ4n) is 2.11. The summed E-state index contributed by atoms with van der Waals surface area (Å²) in [5.74, 6) is -4.42. The average molecular weight is 337 g/mol. The number of esters is 1. The maximum Gasteiger partial charge on any atom is 0.343 e.